The quantitative estimate of drug-likeness (QED) is 0.527. The Labute approximate surface area is 150 Å². The number of aromatic nitrogens is 4. The molecule has 8 nitrogen and oxygen atoms in total. The molecule has 3 rings (SSSR count). The average molecular weight is 378 g/mol. The first-order chi connectivity index (χ1) is 12.3. The molecular weight excluding hydrogens is 363 g/mol. The number of nitrogens with zero attached hydrogens (tertiary/aromatic N) is 3. The van der Waals surface area contributed by atoms with Crippen molar-refractivity contribution in [2.24, 2.45) is 14.1 Å². The SMILES string of the molecule is COc1ccc(C(=O)CSc2nc3c([nH]2)c(=O)n(C)c(=O)n3C)c(F)c1. The van der Waals surface area contributed by atoms with Crippen molar-refractivity contribution in [2.75, 3.05) is 12.9 Å². The average Bonchev–Trinajstić information content (AvgIpc) is 3.07. The minimum absolute atomic E-state index is 0.0577. The number of Topliss-reactive ketones (excluding diaryl/α,β-unsaturated/α-hetero) is 1. The van der Waals surface area contributed by atoms with Crippen LogP contribution in [0.25, 0.3) is 11.2 Å². The normalized spacial score (nSPS) is 11.1. The molecule has 0 atom stereocenters. The minimum Gasteiger partial charge on any atom is -0.497 e. The summed E-state index contributed by atoms with van der Waals surface area (Å²) in [5.74, 6) is -0.869. The third-order valence-electron chi connectivity index (χ3n) is 3.89. The van der Waals surface area contributed by atoms with E-state index in [0.29, 0.717) is 10.9 Å². The van der Waals surface area contributed by atoms with Crippen molar-refractivity contribution in [3.8, 4) is 5.75 Å². The lowest BCUT2D eigenvalue weighted by atomic mass is 10.1. The fourth-order valence-corrected chi connectivity index (χ4v) is 3.18. The summed E-state index contributed by atoms with van der Waals surface area (Å²) in [6.07, 6.45) is 0. The number of ketones is 1. The number of hydrogen-bond donors (Lipinski definition) is 1. The Hall–Kier alpha value is -2.88. The molecule has 0 aliphatic heterocycles. The van der Waals surface area contributed by atoms with Gasteiger partial charge in [0.25, 0.3) is 5.56 Å². The lowest BCUT2D eigenvalue weighted by Gasteiger charge is -2.04. The van der Waals surface area contributed by atoms with E-state index in [-0.39, 0.29) is 22.5 Å². The number of nitrogens with one attached hydrogen (secondary N) is 1. The zero-order valence-corrected chi connectivity index (χ0v) is 15.0. The van der Waals surface area contributed by atoms with Crippen LogP contribution in [0.3, 0.4) is 0 Å². The lowest BCUT2D eigenvalue weighted by Crippen LogP contribution is -2.36. The summed E-state index contributed by atoms with van der Waals surface area (Å²) < 4.78 is 21.1. The van der Waals surface area contributed by atoms with Crippen LogP contribution in [-0.4, -0.2) is 37.7 Å². The number of benzene rings is 1. The van der Waals surface area contributed by atoms with Gasteiger partial charge in [-0.1, -0.05) is 11.8 Å². The largest absolute Gasteiger partial charge is 0.497 e. The number of carbonyl (C=O) groups is 1. The molecule has 3 aromatic rings. The molecule has 0 amide bonds. The zero-order valence-electron chi connectivity index (χ0n) is 14.2. The van der Waals surface area contributed by atoms with Gasteiger partial charge in [-0.2, -0.15) is 0 Å². The Kier molecular flexibility index (Phi) is 4.68. The molecule has 1 N–H and O–H groups in total. The van der Waals surface area contributed by atoms with Gasteiger partial charge in [-0.05, 0) is 12.1 Å². The van der Waals surface area contributed by atoms with Crippen LogP contribution in [0.15, 0.2) is 32.9 Å². The van der Waals surface area contributed by atoms with Gasteiger partial charge in [-0.25, -0.2) is 14.2 Å². The van der Waals surface area contributed by atoms with Crippen molar-refractivity contribution in [2.45, 2.75) is 5.16 Å². The number of hydrogen-bond acceptors (Lipinski definition) is 6. The number of aromatic amines is 1. The molecule has 0 radical (unpaired) electrons. The molecule has 10 heteroatoms. The first-order valence-corrected chi connectivity index (χ1v) is 8.47. The van der Waals surface area contributed by atoms with Crippen LogP contribution in [-0.2, 0) is 14.1 Å². The molecular formula is C16H15FN4O4S. The smallest absolute Gasteiger partial charge is 0.332 e. The highest BCUT2D eigenvalue weighted by Crippen LogP contribution is 2.21. The number of carbonyl (C=O) groups excluding carboxylic acids is 1. The lowest BCUT2D eigenvalue weighted by molar-refractivity contribution is 0.101. The Morgan fingerprint density at radius 1 is 1.31 bits per heavy atom. The Bertz CT molecular complexity index is 1130. The number of H-pyrrole nitrogens is 1. The van der Waals surface area contributed by atoms with Crippen LogP contribution in [0.4, 0.5) is 4.39 Å². The number of halogens is 1. The number of thioether (sulfide) groups is 1. The molecule has 136 valence electrons. The molecule has 2 heterocycles. The van der Waals surface area contributed by atoms with E-state index >= 15 is 0 Å². The summed E-state index contributed by atoms with van der Waals surface area (Å²) in [4.78, 5) is 43.3. The van der Waals surface area contributed by atoms with Gasteiger partial charge in [0.2, 0.25) is 0 Å². The third kappa shape index (κ3) is 3.03. The number of imidazole rings is 1. The van der Waals surface area contributed by atoms with E-state index in [1.807, 2.05) is 0 Å². The number of aryl methyl sites for hydroxylation is 1. The summed E-state index contributed by atoms with van der Waals surface area (Å²) in [5, 5.41) is 0.292. The highest BCUT2D eigenvalue weighted by Gasteiger charge is 2.17. The predicted molar refractivity (Wildman–Crippen MR) is 94.6 cm³/mol. The zero-order chi connectivity index (χ0) is 19.0. The fraction of sp³-hybridized carbons (Fsp3) is 0.250. The van der Waals surface area contributed by atoms with Crippen LogP contribution in [0, 0.1) is 5.82 Å². The van der Waals surface area contributed by atoms with E-state index < -0.39 is 22.8 Å². The van der Waals surface area contributed by atoms with Crippen LogP contribution in [0.5, 0.6) is 5.75 Å². The van der Waals surface area contributed by atoms with Gasteiger partial charge >= 0.3 is 5.69 Å². The van der Waals surface area contributed by atoms with Gasteiger partial charge in [0.1, 0.15) is 11.6 Å². The molecule has 0 saturated carbocycles. The number of fused-ring (bicyclic) bond motifs is 1. The topological polar surface area (TPSA) is 99.0 Å². The van der Waals surface area contributed by atoms with Gasteiger partial charge in [0.05, 0.1) is 18.4 Å². The number of ether oxygens (including phenoxy) is 1. The van der Waals surface area contributed by atoms with E-state index in [9.17, 15) is 18.8 Å². The maximum absolute atomic E-state index is 14.0. The van der Waals surface area contributed by atoms with E-state index in [1.165, 1.54) is 37.9 Å². The summed E-state index contributed by atoms with van der Waals surface area (Å²) in [6.45, 7) is 0. The van der Waals surface area contributed by atoms with Crippen LogP contribution in [0.2, 0.25) is 0 Å². The maximum Gasteiger partial charge on any atom is 0.332 e. The van der Waals surface area contributed by atoms with Crippen molar-refractivity contribution in [1.29, 1.82) is 0 Å². The summed E-state index contributed by atoms with van der Waals surface area (Å²) in [6, 6.07) is 4.00. The molecule has 0 unspecified atom stereocenters. The first kappa shape index (κ1) is 17.9. The molecule has 0 aliphatic carbocycles. The second-order valence-electron chi connectivity index (χ2n) is 5.50. The predicted octanol–water partition coefficient (Wildman–Crippen LogP) is 1.08. The molecule has 26 heavy (non-hydrogen) atoms. The second kappa shape index (κ2) is 6.79. The van der Waals surface area contributed by atoms with Gasteiger partial charge < -0.3 is 9.72 Å². The van der Waals surface area contributed by atoms with E-state index in [0.717, 1.165) is 22.4 Å². The fourth-order valence-electron chi connectivity index (χ4n) is 2.43. The van der Waals surface area contributed by atoms with Gasteiger partial charge in [0.15, 0.2) is 22.1 Å². The van der Waals surface area contributed by atoms with Crippen LogP contribution in [0.1, 0.15) is 10.4 Å². The molecule has 0 saturated heterocycles. The van der Waals surface area contributed by atoms with Crippen LogP contribution >= 0.6 is 11.8 Å². The monoisotopic (exact) mass is 378 g/mol. The van der Waals surface area contributed by atoms with Crippen molar-refractivity contribution < 1.29 is 13.9 Å². The molecule has 1 aromatic carbocycles. The Balaban J connectivity index is 1.85. The third-order valence-corrected chi connectivity index (χ3v) is 4.76. The van der Waals surface area contributed by atoms with Crippen molar-refractivity contribution in [3.05, 3.63) is 50.4 Å². The molecule has 0 spiro atoms. The van der Waals surface area contributed by atoms with E-state index in [2.05, 4.69) is 9.97 Å². The maximum atomic E-state index is 14.0. The van der Waals surface area contributed by atoms with Crippen molar-refractivity contribution in [1.82, 2.24) is 19.1 Å². The summed E-state index contributed by atoms with van der Waals surface area (Å²) in [5.41, 5.74) is -0.696. The van der Waals surface area contributed by atoms with E-state index in [4.69, 9.17) is 4.74 Å². The molecule has 0 bridgehead atoms. The molecule has 2 aromatic heterocycles. The van der Waals surface area contributed by atoms with Gasteiger partial charge in [-0.3, -0.25) is 18.7 Å². The highest BCUT2D eigenvalue weighted by molar-refractivity contribution is 7.99. The highest BCUT2D eigenvalue weighted by atomic mass is 32.2. The second-order valence-corrected chi connectivity index (χ2v) is 6.47. The first-order valence-electron chi connectivity index (χ1n) is 7.48. The molecule has 0 aliphatic rings. The molecule has 0 fully saturated rings. The Morgan fingerprint density at radius 2 is 2.04 bits per heavy atom. The Morgan fingerprint density at radius 3 is 2.69 bits per heavy atom. The van der Waals surface area contributed by atoms with E-state index in [1.54, 1.807) is 0 Å². The number of rotatable bonds is 5. The van der Waals surface area contributed by atoms with Crippen molar-refractivity contribution in [3.63, 3.8) is 0 Å². The minimum atomic E-state index is -0.671. The standard InChI is InChI=1S/C16H15FN4O4S/c1-20-13-12(14(23)21(2)16(20)24)18-15(19-13)26-7-11(22)9-5-4-8(25-3)6-10(9)17/h4-6H,7H2,1-3H3,(H,18,19). The van der Waals surface area contributed by atoms with Gasteiger partial charge in [0, 0.05) is 20.2 Å². The summed E-state index contributed by atoms with van der Waals surface area (Å²) >= 11 is 1.02. The van der Waals surface area contributed by atoms with Crippen LogP contribution < -0.4 is 16.0 Å². The summed E-state index contributed by atoms with van der Waals surface area (Å²) in [7, 11) is 4.27. The van der Waals surface area contributed by atoms with Crippen molar-refractivity contribution >= 4 is 28.7 Å². The number of methoxy groups -OCH3 is 1. The van der Waals surface area contributed by atoms with Gasteiger partial charge in [-0.15, -0.1) is 0 Å².